The Hall–Kier alpha value is -0.580. The van der Waals surface area contributed by atoms with Crippen LogP contribution < -0.4 is 5.32 Å². The van der Waals surface area contributed by atoms with E-state index in [4.69, 9.17) is 11.6 Å². The first kappa shape index (κ1) is 14.8. The average Bonchev–Trinajstić information content (AvgIpc) is 2.40. The van der Waals surface area contributed by atoms with Crippen molar-refractivity contribution in [3.05, 3.63) is 29.3 Å². The largest absolute Gasteiger partial charge is 0.313 e. The lowest BCUT2D eigenvalue weighted by Crippen LogP contribution is -2.34. The fourth-order valence-corrected chi connectivity index (χ4v) is 4.26. The van der Waals surface area contributed by atoms with Gasteiger partial charge in [0.15, 0.2) is 9.84 Å². The van der Waals surface area contributed by atoms with E-state index in [0.717, 1.165) is 12.8 Å². The molecule has 5 heteroatoms. The normalized spacial score (nSPS) is 17.5. The van der Waals surface area contributed by atoms with E-state index in [1.54, 1.807) is 24.3 Å². The lowest BCUT2D eigenvalue weighted by molar-refractivity contribution is 0.380. The first-order valence-corrected chi connectivity index (χ1v) is 8.83. The van der Waals surface area contributed by atoms with Crippen molar-refractivity contribution >= 4 is 21.4 Å². The first-order valence-electron chi connectivity index (χ1n) is 6.80. The number of halogens is 1. The smallest absolute Gasteiger partial charge is 0.181 e. The Morgan fingerprint density at radius 3 is 2.53 bits per heavy atom. The van der Waals surface area contributed by atoms with Crippen molar-refractivity contribution in [2.75, 3.05) is 12.3 Å². The molecule has 0 aliphatic heterocycles. The molecule has 3 nitrogen and oxygen atoms in total. The van der Waals surface area contributed by atoms with Gasteiger partial charge in [-0.3, -0.25) is 0 Å². The number of nitrogens with one attached hydrogen (secondary N) is 1. The van der Waals surface area contributed by atoms with Crippen molar-refractivity contribution in [1.82, 2.24) is 5.32 Å². The molecular weight excluding hydrogens is 282 g/mol. The van der Waals surface area contributed by atoms with Gasteiger partial charge in [0, 0.05) is 12.6 Å². The van der Waals surface area contributed by atoms with Gasteiger partial charge in [-0.2, -0.15) is 0 Å². The number of rotatable bonds is 5. The zero-order valence-corrected chi connectivity index (χ0v) is 12.5. The molecule has 0 heterocycles. The second-order valence-corrected chi connectivity index (χ2v) is 7.52. The maximum atomic E-state index is 12.2. The van der Waals surface area contributed by atoms with Crippen LogP contribution in [0.3, 0.4) is 0 Å². The van der Waals surface area contributed by atoms with Crippen LogP contribution in [0.4, 0.5) is 0 Å². The quantitative estimate of drug-likeness (QED) is 0.909. The molecule has 0 bridgehead atoms. The SMILES string of the molecule is O=S(=O)(CCNC1CCCCC1)c1ccccc1Cl. The van der Waals surface area contributed by atoms with Crippen LogP contribution in [0.1, 0.15) is 32.1 Å². The Kier molecular flexibility index (Phi) is 5.25. The Morgan fingerprint density at radius 1 is 1.16 bits per heavy atom. The number of sulfone groups is 1. The summed E-state index contributed by atoms with van der Waals surface area (Å²) in [6.07, 6.45) is 6.11. The summed E-state index contributed by atoms with van der Waals surface area (Å²) < 4.78 is 24.3. The minimum absolute atomic E-state index is 0.104. The van der Waals surface area contributed by atoms with Crippen molar-refractivity contribution in [3.63, 3.8) is 0 Å². The van der Waals surface area contributed by atoms with E-state index >= 15 is 0 Å². The van der Waals surface area contributed by atoms with E-state index in [1.165, 1.54) is 19.3 Å². The fraction of sp³-hybridized carbons (Fsp3) is 0.571. The van der Waals surface area contributed by atoms with Crippen LogP contribution in [0, 0.1) is 0 Å². The zero-order valence-electron chi connectivity index (χ0n) is 10.9. The summed E-state index contributed by atoms with van der Waals surface area (Å²) in [5, 5.41) is 3.65. The average molecular weight is 302 g/mol. The highest BCUT2D eigenvalue weighted by Gasteiger charge is 2.18. The molecule has 1 aliphatic rings. The third-order valence-electron chi connectivity index (χ3n) is 3.58. The number of hydrogen-bond donors (Lipinski definition) is 1. The van der Waals surface area contributed by atoms with E-state index in [1.807, 2.05) is 0 Å². The van der Waals surface area contributed by atoms with E-state index in [-0.39, 0.29) is 10.6 Å². The zero-order chi connectivity index (χ0) is 13.7. The maximum Gasteiger partial charge on any atom is 0.181 e. The highest BCUT2D eigenvalue weighted by atomic mass is 35.5. The Bertz CT molecular complexity index is 510. The van der Waals surface area contributed by atoms with Gasteiger partial charge in [-0.05, 0) is 25.0 Å². The van der Waals surface area contributed by atoms with E-state index < -0.39 is 9.84 Å². The van der Waals surface area contributed by atoms with Crippen LogP contribution in [-0.2, 0) is 9.84 Å². The van der Waals surface area contributed by atoms with Gasteiger partial charge < -0.3 is 5.32 Å². The summed E-state index contributed by atoms with van der Waals surface area (Å²) >= 11 is 5.94. The van der Waals surface area contributed by atoms with Crippen LogP contribution in [0.25, 0.3) is 0 Å². The summed E-state index contributed by atoms with van der Waals surface area (Å²) in [7, 11) is -3.29. The molecule has 0 atom stereocenters. The molecule has 0 spiro atoms. The molecule has 1 aromatic carbocycles. The van der Waals surface area contributed by atoms with Crippen molar-refractivity contribution in [1.29, 1.82) is 0 Å². The molecule has 19 heavy (non-hydrogen) atoms. The highest BCUT2D eigenvalue weighted by molar-refractivity contribution is 7.91. The lowest BCUT2D eigenvalue weighted by Gasteiger charge is -2.22. The number of hydrogen-bond acceptors (Lipinski definition) is 3. The standard InChI is InChI=1S/C14H20ClNO2S/c15-13-8-4-5-9-14(13)19(17,18)11-10-16-12-6-2-1-3-7-12/h4-5,8-9,12,16H,1-3,6-7,10-11H2. The van der Waals surface area contributed by atoms with Crippen molar-refractivity contribution in [2.45, 2.75) is 43.0 Å². The van der Waals surface area contributed by atoms with E-state index in [9.17, 15) is 8.42 Å². The molecule has 2 rings (SSSR count). The Balaban J connectivity index is 1.89. The van der Waals surface area contributed by atoms with Gasteiger partial charge in [0.1, 0.15) is 0 Å². The van der Waals surface area contributed by atoms with Crippen molar-refractivity contribution in [2.24, 2.45) is 0 Å². The highest BCUT2D eigenvalue weighted by Crippen LogP contribution is 2.22. The predicted octanol–water partition coefficient (Wildman–Crippen LogP) is 3.04. The summed E-state index contributed by atoms with van der Waals surface area (Å²) in [6, 6.07) is 7.10. The summed E-state index contributed by atoms with van der Waals surface area (Å²) in [5.41, 5.74) is 0. The van der Waals surface area contributed by atoms with Crippen LogP contribution in [0.15, 0.2) is 29.2 Å². The second-order valence-electron chi connectivity index (χ2n) is 5.04. The third kappa shape index (κ3) is 4.20. The predicted molar refractivity (Wildman–Crippen MR) is 78.4 cm³/mol. The van der Waals surface area contributed by atoms with Gasteiger partial charge in [0.2, 0.25) is 0 Å². The molecule has 1 fully saturated rings. The van der Waals surface area contributed by atoms with Gasteiger partial charge in [0.25, 0.3) is 0 Å². The topological polar surface area (TPSA) is 46.2 Å². The molecule has 1 N–H and O–H groups in total. The van der Waals surface area contributed by atoms with Crippen LogP contribution in [0.5, 0.6) is 0 Å². The minimum Gasteiger partial charge on any atom is -0.313 e. The molecule has 106 valence electrons. The molecule has 0 aromatic heterocycles. The third-order valence-corrected chi connectivity index (χ3v) is 5.79. The lowest BCUT2D eigenvalue weighted by atomic mass is 9.96. The van der Waals surface area contributed by atoms with Gasteiger partial charge in [-0.1, -0.05) is 43.0 Å². The van der Waals surface area contributed by atoms with Crippen LogP contribution in [0.2, 0.25) is 5.02 Å². The molecule has 1 aromatic rings. The molecule has 0 unspecified atom stereocenters. The minimum atomic E-state index is -3.29. The molecule has 1 saturated carbocycles. The molecular formula is C14H20ClNO2S. The summed E-state index contributed by atoms with van der Waals surface area (Å²) in [4.78, 5) is 0.238. The summed E-state index contributed by atoms with van der Waals surface area (Å²) in [5.74, 6) is 0.104. The summed E-state index contributed by atoms with van der Waals surface area (Å²) in [6.45, 7) is 0.498. The molecule has 0 amide bonds. The van der Waals surface area contributed by atoms with Crippen LogP contribution >= 0.6 is 11.6 Å². The van der Waals surface area contributed by atoms with Crippen molar-refractivity contribution in [3.8, 4) is 0 Å². The fourth-order valence-electron chi connectivity index (χ4n) is 2.51. The number of benzene rings is 1. The van der Waals surface area contributed by atoms with Gasteiger partial charge in [0.05, 0.1) is 15.7 Å². The van der Waals surface area contributed by atoms with Gasteiger partial charge >= 0.3 is 0 Å². The maximum absolute atomic E-state index is 12.2. The molecule has 1 aliphatic carbocycles. The van der Waals surface area contributed by atoms with Crippen LogP contribution in [-0.4, -0.2) is 26.8 Å². The Labute approximate surface area is 120 Å². The van der Waals surface area contributed by atoms with E-state index in [0.29, 0.717) is 17.6 Å². The monoisotopic (exact) mass is 301 g/mol. The molecule has 0 saturated heterocycles. The van der Waals surface area contributed by atoms with Gasteiger partial charge in [-0.15, -0.1) is 0 Å². The van der Waals surface area contributed by atoms with Gasteiger partial charge in [-0.25, -0.2) is 8.42 Å². The Morgan fingerprint density at radius 2 is 1.84 bits per heavy atom. The first-order chi connectivity index (χ1) is 9.09. The van der Waals surface area contributed by atoms with E-state index in [2.05, 4.69) is 5.32 Å². The van der Waals surface area contributed by atoms with Crippen molar-refractivity contribution < 1.29 is 8.42 Å². The molecule has 0 radical (unpaired) electrons. The second kappa shape index (κ2) is 6.73.